The highest BCUT2D eigenvalue weighted by Gasteiger charge is 2.32. The number of aryl methyl sites for hydroxylation is 1. The number of phenolic OH excluding ortho intramolecular Hbond substituents is 1. The molecule has 1 atom stereocenters. The summed E-state index contributed by atoms with van der Waals surface area (Å²) in [6.07, 6.45) is -1.42. The van der Waals surface area contributed by atoms with Crippen LogP contribution in [0.4, 0.5) is 13.2 Å². The Hall–Kier alpha value is -2.93. The summed E-state index contributed by atoms with van der Waals surface area (Å²) in [5.74, 6) is 0.474. The van der Waals surface area contributed by atoms with Crippen LogP contribution in [-0.2, 0) is 19.3 Å². The second-order valence-corrected chi connectivity index (χ2v) is 7.48. The summed E-state index contributed by atoms with van der Waals surface area (Å²) < 4.78 is 46.5. The van der Waals surface area contributed by atoms with Crippen LogP contribution in [0.2, 0.25) is 0 Å². The maximum absolute atomic E-state index is 13.0. The average molecular weight is 416 g/mol. The lowest BCUT2D eigenvalue weighted by Gasteiger charge is -2.31. The molecule has 30 heavy (non-hydrogen) atoms. The molecule has 1 aliphatic heterocycles. The van der Waals surface area contributed by atoms with E-state index in [4.69, 9.17) is 4.74 Å². The Kier molecular flexibility index (Phi) is 5.47. The molecule has 3 aromatic rings. The minimum atomic E-state index is -4.36. The molecule has 1 aromatic heterocycles. The zero-order valence-electron chi connectivity index (χ0n) is 16.6. The van der Waals surface area contributed by atoms with Gasteiger partial charge < -0.3 is 14.4 Å². The molecule has 0 aliphatic carbocycles. The topological polar surface area (TPSA) is 37.6 Å². The van der Waals surface area contributed by atoms with E-state index >= 15 is 0 Å². The van der Waals surface area contributed by atoms with E-state index in [9.17, 15) is 18.3 Å². The Bertz CT molecular complexity index is 1010. The van der Waals surface area contributed by atoms with Crippen LogP contribution in [0.5, 0.6) is 11.5 Å². The SMILES string of the molecule is COc1cc(CN2CCCn3cccc3C2c2ccc(C(F)(F)F)cc2)ccc1O. The van der Waals surface area contributed by atoms with Gasteiger partial charge in [-0.3, -0.25) is 4.90 Å². The molecule has 4 rings (SSSR count). The summed E-state index contributed by atoms with van der Waals surface area (Å²) in [6, 6.07) is 14.5. The molecule has 7 heteroatoms. The molecule has 0 saturated carbocycles. The Morgan fingerprint density at radius 2 is 1.83 bits per heavy atom. The number of alkyl halides is 3. The Balaban J connectivity index is 1.71. The van der Waals surface area contributed by atoms with Gasteiger partial charge in [-0.2, -0.15) is 13.2 Å². The first-order valence-electron chi connectivity index (χ1n) is 9.79. The van der Waals surface area contributed by atoms with E-state index in [2.05, 4.69) is 9.47 Å². The minimum absolute atomic E-state index is 0.0743. The van der Waals surface area contributed by atoms with Gasteiger partial charge in [-0.25, -0.2) is 0 Å². The van der Waals surface area contributed by atoms with Crippen LogP contribution in [0.25, 0.3) is 0 Å². The van der Waals surface area contributed by atoms with Crippen molar-refractivity contribution >= 4 is 0 Å². The lowest BCUT2D eigenvalue weighted by molar-refractivity contribution is -0.137. The molecular weight excluding hydrogens is 393 g/mol. The minimum Gasteiger partial charge on any atom is -0.504 e. The molecule has 158 valence electrons. The fraction of sp³-hybridized carbons (Fsp3) is 0.304. The molecular formula is C23H23F3N2O2. The number of halogens is 3. The summed E-state index contributed by atoms with van der Waals surface area (Å²) in [5.41, 5.74) is 2.18. The van der Waals surface area contributed by atoms with Crippen LogP contribution in [0.3, 0.4) is 0 Å². The highest BCUT2D eigenvalue weighted by molar-refractivity contribution is 5.42. The second-order valence-electron chi connectivity index (χ2n) is 7.48. The monoisotopic (exact) mass is 416 g/mol. The van der Waals surface area contributed by atoms with Gasteiger partial charge in [0.15, 0.2) is 11.5 Å². The van der Waals surface area contributed by atoms with Gasteiger partial charge in [-0.15, -0.1) is 0 Å². The third kappa shape index (κ3) is 4.03. The third-order valence-corrected chi connectivity index (χ3v) is 5.54. The standard InChI is InChI=1S/C23H23F3N2O2/c1-30-21-14-16(5-10-20(21)29)15-28-13-3-12-27-11-2-4-19(27)22(28)17-6-8-18(9-7-17)23(24,25)26/h2,4-11,14,22,29H,3,12-13,15H2,1H3. The molecule has 0 fully saturated rings. The first-order chi connectivity index (χ1) is 14.4. The van der Waals surface area contributed by atoms with Crippen LogP contribution in [0.1, 0.15) is 34.8 Å². The fourth-order valence-corrected chi connectivity index (χ4v) is 4.10. The Morgan fingerprint density at radius 3 is 2.53 bits per heavy atom. The number of aromatic hydroxyl groups is 1. The van der Waals surface area contributed by atoms with E-state index in [-0.39, 0.29) is 11.8 Å². The van der Waals surface area contributed by atoms with Crippen LogP contribution in [-0.4, -0.2) is 28.2 Å². The van der Waals surface area contributed by atoms with Crippen molar-refractivity contribution in [2.24, 2.45) is 0 Å². The number of rotatable bonds is 4. The molecule has 1 aliphatic rings. The van der Waals surface area contributed by atoms with Crippen LogP contribution in [0, 0.1) is 0 Å². The predicted molar refractivity (Wildman–Crippen MR) is 107 cm³/mol. The lowest BCUT2D eigenvalue weighted by atomic mass is 9.99. The summed E-state index contributed by atoms with van der Waals surface area (Å²) >= 11 is 0. The maximum Gasteiger partial charge on any atom is 0.416 e. The number of hydrogen-bond donors (Lipinski definition) is 1. The Morgan fingerprint density at radius 1 is 1.07 bits per heavy atom. The van der Waals surface area contributed by atoms with Crippen molar-refractivity contribution in [3.63, 3.8) is 0 Å². The smallest absolute Gasteiger partial charge is 0.416 e. The van der Waals surface area contributed by atoms with E-state index in [1.807, 2.05) is 24.4 Å². The van der Waals surface area contributed by atoms with E-state index in [1.165, 1.54) is 7.11 Å². The summed E-state index contributed by atoms with van der Waals surface area (Å²) in [7, 11) is 1.50. The number of methoxy groups -OCH3 is 1. The van der Waals surface area contributed by atoms with Crippen molar-refractivity contribution in [1.82, 2.24) is 9.47 Å². The molecule has 1 N–H and O–H groups in total. The van der Waals surface area contributed by atoms with Gasteiger partial charge >= 0.3 is 6.18 Å². The van der Waals surface area contributed by atoms with Gasteiger partial charge in [0, 0.05) is 31.5 Å². The molecule has 0 bridgehead atoms. The molecule has 2 heterocycles. The number of benzene rings is 2. The summed E-state index contributed by atoms with van der Waals surface area (Å²) in [4.78, 5) is 2.26. The summed E-state index contributed by atoms with van der Waals surface area (Å²) in [5, 5.41) is 9.88. The lowest BCUT2D eigenvalue weighted by Crippen LogP contribution is -2.29. The zero-order valence-corrected chi connectivity index (χ0v) is 16.6. The van der Waals surface area contributed by atoms with E-state index in [0.717, 1.165) is 48.5 Å². The molecule has 1 unspecified atom stereocenters. The first kappa shape index (κ1) is 20.3. The molecule has 0 amide bonds. The van der Waals surface area contributed by atoms with Crippen molar-refractivity contribution in [2.75, 3.05) is 13.7 Å². The van der Waals surface area contributed by atoms with Crippen LogP contribution < -0.4 is 4.74 Å². The molecule has 0 spiro atoms. The maximum atomic E-state index is 13.0. The highest BCUT2D eigenvalue weighted by Crippen LogP contribution is 2.36. The normalized spacial score (nSPS) is 17.4. The largest absolute Gasteiger partial charge is 0.504 e. The number of phenols is 1. The van der Waals surface area contributed by atoms with E-state index in [0.29, 0.717) is 12.3 Å². The van der Waals surface area contributed by atoms with Gasteiger partial charge in [-0.05, 0) is 53.9 Å². The highest BCUT2D eigenvalue weighted by atomic mass is 19.4. The van der Waals surface area contributed by atoms with Crippen molar-refractivity contribution < 1.29 is 23.0 Å². The van der Waals surface area contributed by atoms with Gasteiger partial charge in [-0.1, -0.05) is 18.2 Å². The van der Waals surface area contributed by atoms with Crippen LogP contribution in [0.15, 0.2) is 60.8 Å². The number of fused-ring (bicyclic) bond motifs is 1. The van der Waals surface area contributed by atoms with Gasteiger partial charge in [0.2, 0.25) is 0 Å². The number of hydrogen-bond acceptors (Lipinski definition) is 3. The van der Waals surface area contributed by atoms with E-state index < -0.39 is 11.7 Å². The van der Waals surface area contributed by atoms with Crippen molar-refractivity contribution in [1.29, 1.82) is 0 Å². The predicted octanol–water partition coefficient (Wildman–Crippen LogP) is 5.22. The molecule has 4 nitrogen and oxygen atoms in total. The number of ether oxygens (including phenoxy) is 1. The Labute approximate surface area is 173 Å². The van der Waals surface area contributed by atoms with Crippen LogP contribution >= 0.6 is 0 Å². The van der Waals surface area contributed by atoms with Crippen molar-refractivity contribution in [3.05, 3.63) is 83.2 Å². The van der Waals surface area contributed by atoms with Crippen molar-refractivity contribution in [2.45, 2.75) is 31.7 Å². The summed E-state index contributed by atoms with van der Waals surface area (Å²) in [6.45, 7) is 2.22. The first-order valence-corrected chi connectivity index (χ1v) is 9.79. The number of nitrogens with zero attached hydrogens (tertiary/aromatic N) is 2. The molecule has 0 radical (unpaired) electrons. The average Bonchev–Trinajstić information content (AvgIpc) is 3.10. The second kappa shape index (κ2) is 8.07. The quantitative estimate of drug-likeness (QED) is 0.634. The number of aromatic nitrogens is 1. The fourth-order valence-electron chi connectivity index (χ4n) is 4.10. The van der Waals surface area contributed by atoms with Crippen molar-refractivity contribution in [3.8, 4) is 11.5 Å². The van der Waals surface area contributed by atoms with Gasteiger partial charge in [0.25, 0.3) is 0 Å². The van der Waals surface area contributed by atoms with Gasteiger partial charge in [0.05, 0.1) is 18.7 Å². The van der Waals surface area contributed by atoms with E-state index in [1.54, 1.807) is 24.3 Å². The van der Waals surface area contributed by atoms with Gasteiger partial charge in [0.1, 0.15) is 0 Å². The molecule has 2 aromatic carbocycles. The zero-order chi connectivity index (χ0) is 21.3. The third-order valence-electron chi connectivity index (χ3n) is 5.54. The molecule has 0 saturated heterocycles.